The normalized spacial score (nSPS) is 15.7. The molecule has 4 heteroatoms. The molecule has 0 atom stereocenters. The molecule has 0 aliphatic heterocycles. The molecule has 0 radical (unpaired) electrons. The van der Waals surface area contributed by atoms with Crippen molar-refractivity contribution in [1.29, 1.82) is 0 Å². The monoisotopic (exact) mass is 291 g/mol. The summed E-state index contributed by atoms with van der Waals surface area (Å²) < 4.78 is 10.4. The van der Waals surface area contributed by atoms with Crippen LogP contribution in [-0.4, -0.2) is 26.2 Å². The van der Waals surface area contributed by atoms with Crippen molar-refractivity contribution in [3.05, 3.63) is 29.8 Å². The van der Waals surface area contributed by atoms with Crippen LogP contribution in [0, 0.1) is 5.92 Å². The predicted octanol–water partition coefficient (Wildman–Crippen LogP) is 2.91. The lowest BCUT2D eigenvalue weighted by molar-refractivity contribution is -0.126. The molecule has 0 spiro atoms. The van der Waals surface area contributed by atoms with Crippen molar-refractivity contribution >= 4 is 5.91 Å². The second-order valence-corrected chi connectivity index (χ2v) is 5.54. The highest BCUT2D eigenvalue weighted by Crippen LogP contribution is 2.23. The summed E-state index contributed by atoms with van der Waals surface area (Å²) in [4.78, 5) is 12.1. The van der Waals surface area contributed by atoms with Gasteiger partial charge in [0.2, 0.25) is 5.91 Å². The van der Waals surface area contributed by atoms with Crippen LogP contribution in [-0.2, 0) is 16.1 Å². The summed E-state index contributed by atoms with van der Waals surface area (Å²) >= 11 is 0. The second-order valence-electron chi connectivity index (χ2n) is 5.54. The Kier molecular flexibility index (Phi) is 6.54. The zero-order valence-corrected chi connectivity index (χ0v) is 12.8. The largest absolute Gasteiger partial charge is 0.491 e. The van der Waals surface area contributed by atoms with Crippen molar-refractivity contribution in [1.82, 2.24) is 5.32 Å². The number of benzene rings is 1. The molecule has 4 nitrogen and oxygen atoms in total. The number of rotatable bonds is 7. The quantitative estimate of drug-likeness (QED) is 0.786. The Labute approximate surface area is 126 Å². The van der Waals surface area contributed by atoms with Gasteiger partial charge in [0.1, 0.15) is 12.4 Å². The molecule has 2 rings (SSSR count). The average molecular weight is 291 g/mol. The van der Waals surface area contributed by atoms with Gasteiger partial charge >= 0.3 is 0 Å². The topological polar surface area (TPSA) is 47.6 Å². The van der Waals surface area contributed by atoms with Gasteiger partial charge in [0, 0.05) is 19.6 Å². The van der Waals surface area contributed by atoms with Crippen LogP contribution in [0.1, 0.15) is 37.7 Å². The lowest BCUT2D eigenvalue weighted by atomic mass is 9.88. The molecule has 116 valence electrons. The fourth-order valence-corrected chi connectivity index (χ4v) is 2.64. The Balaban J connectivity index is 1.73. The van der Waals surface area contributed by atoms with Gasteiger partial charge in [-0.3, -0.25) is 4.79 Å². The highest BCUT2D eigenvalue weighted by atomic mass is 16.5. The standard InChI is InChI=1S/C17H25NO3/c1-20-11-12-21-16-9-7-14(8-10-16)13-18-17(19)15-5-3-2-4-6-15/h7-10,15H,2-6,11-13H2,1H3,(H,18,19). The molecular formula is C17H25NO3. The summed E-state index contributed by atoms with van der Waals surface area (Å²) in [5, 5.41) is 3.04. The minimum atomic E-state index is 0.204. The van der Waals surface area contributed by atoms with E-state index < -0.39 is 0 Å². The molecule has 1 amide bonds. The molecule has 0 unspecified atom stereocenters. The molecule has 0 saturated heterocycles. The Morgan fingerprint density at radius 2 is 1.86 bits per heavy atom. The highest BCUT2D eigenvalue weighted by molar-refractivity contribution is 5.78. The van der Waals surface area contributed by atoms with E-state index in [4.69, 9.17) is 9.47 Å². The first kappa shape index (κ1) is 15.8. The zero-order chi connectivity index (χ0) is 14.9. The molecule has 1 aromatic carbocycles. The van der Waals surface area contributed by atoms with Crippen molar-refractivity contribution < 1.29 is 14.3 Å². The zero-order valence-electron chi connectivity index (χ0n) is 12.8. The molecule has 1 saturated carbocycles. The van der Waals surface area contributed by atoms with Crippen molar-refractivity contribution in [2.75, 3.05) is 20.3 Å². The summed E-state index contributed by atoms with van der Waals surface area (Å²) in [5.41, 5.74) is 1.10. The molecule has 0 bridgehead atoms. The van der Waals surface area contributed by atoms with Crippen LogP contribution < -0.4 is 10.1 Å². The average Bonchev–Trinajstić information content (AvgIpc) is 2.55. The van der Waals surface area contributed by atoms with Crippen LogP contribution >= 0.6 is 0 Å². The first-order valence-electron chi connectivity index (χ1n) is 7.78. The maximum Gasteiger partial charge on any atom is 0.223 e. The van der Waals surface area contributed by atoms with Gasteiger partial charge in [0.25, 0.3) is 0 Å². The number of nitrogens with one attached hydrogen (secondary N) is 1. The number of ether oxygens (including phenoxy) is 2. The fourth-order valence-electron chi connectivity index (χ4n) is 2.64. The highest BCUT2D eigenvalue weighted by Gasteiger charge is 2.20. The smallest absolute Gasteiger partial charge is 0.223 e. The van der Waals surface area contributed by atoms with Gasteiger partial charge in [-0.1, -0.05) is 31.4 Å². The SMILES string of the molecule is COCCOc1ccc(CNC(=O)C2CCCCC2)cc1. The third-order valence-electron chi connectivity index (χ3n) is 3.92. The Morgan fingerprint density at radius 3 is 2.52 bits per heavy atom. The van der Waals surface area contributed by atoms with Crippen molar-refractivity contribution in [3.63, 3.8) is 0 Å². The molecule has 1 N–H and O–H groups in total. The van der Waals surface area contributed by atoms with Crippen molar-refractivity contribution in [3.8, 4) is 5.75 Å². The molecule has 0 aromatic heterocycles. The van der Waals surface area contributed by atoms with Gasteiger partial charge in [-0.15, -0.1) is 0 Å². The first-order valence-corrected chi connectivity index (χ1v) is 7.78. The first-order chi connectivity index (χ1) is 10.3. The van der Waals surface area contributed by atoms with E-state index in [9.17, 15) is 4.79 Å². The lowest BCUT2D eigenvalue weighted by Gasteiger charge is -2.20. The van der Waals surface area contributed by atoms with Crippen molar-refractivity contribution in [2.45, 2.75) is 38.6 Å². The van der Waals surface area contributed by atoms with Crippen molar-refractivity contribution in [2.24, 2.45) is 5.92 Å². The maximum atomic E-state index is 12.1. The van der Waals surface area contributed by atoms with E-state index >= 15 is 0 Å². The second kappa shape index (κ2) is 8.67. The Morgan fingerprint density at radius 1 is 1.14 bits per heavy atom. The van der Waals surface area contributed by atoms with Crippen LogP contribution in [0.2, 0.25) is 0 Å². The number of hydrogen-bond donors (Lipinski definition) is 1. The minimum Gasteiger partial charge on any atom is -0.491 e. The number of methoxy groups -OCH3 is 1. The van der Waals surface area contributed by atoms with E-state index in [0.717, 1.165) is 24.2 Å². The van der Waals surface area contributed by atoms with Gasteiger partial charge in [0.05, 0.1) is 6.61 Å². The summed E-state index contributed by atoms with van der Waals surface area (Å²) in [7, 11) is 1.65. The van der Waals surface area contributed by atoms with Crippen LogP contribution in [0.4, 0.5) is 0 Å². The number of carbonyl (C=O) groups excluding carboxylic acids is 1. The fraction of sp³-hybridized carbons (Fsp3) is 0.588. The van der Waals surface area contributed by atoms with Gasteiger partial charge in [-0.25, -0.2) is 0 Å². The summed E-state index contributed by atoms with van der Waals surface area (Å²) in [6, 6.07) is 7.84. The molecule has 0 heterocycles. The maximum absolute atomic E-state index is 12.1. The number of carbonyl (C=O) groups is 1. The molecule has 1 aromatic rings. The van der Waals surface area contributed by atoms with E-state index in [1.165, 1.54) is 19.3 Å². The van der Waals surface area contributed by atoms with E-state index in [1.807, 2.05) is 24.3 Å². The molecule has 1 aliphatic carbocycles. The van der Waals surface area contributed by atoms with E-state index in [-0.39, 0.29) is 11.8 Å². The van der Waals surface area contributed by atoms with Gasteiger partial charge in [-0.05, 0) is 30.5 Å². The van der Waals surface area contributed by atoms with Gasteiger partial charge in [0.15, 0.2) is 0 Å². The summed E-state index contributed by atoms with van der Waals surface area (Å²) in [6.45, 7) is 1.72. The Bertz CT molecular complexity index is 424. The third-order valence-corrected chi connectivity index (χ3v) is 3.92. The molecule has 1 fully saturated rings. The number of hydrogen-bond acceptors (Lipinski definition) is 3. The van der Waals surface area contributed by atoms with Crippen LogP contribution in [0.3, 0.4) is 0 Å². The lowest BCUT2D eigenvalue weighted by Crippen LogP contribution is -2.31. The molecule has 1 aliphatic rings. The summed E-state index contributed by atoms with van der Waals surface area (Å²) in [6.07, 6.45) is 5.72. The van der Waals surface area contributed by atoms with E-state index in [1.54, 1.807) is 7.11 Å². The molecular weight excluding hydrogens is 266 g/mol. The Hall–Kier alpha value is -1.55. The van der Waals surface area contributed by atoms with E-state index in [2.05, 4.69) is 5.32 Å². The van der Waals surface area contributed by atoms with E-state index in [0.29, 0.717) is 19.8 Å². The van der Waals surface area contributed by atoms with Crippen LogP contribution in [0.25, 0.3) is 0 Å². The van der Waals surface area contributed by atoms with Crippen LogP contribution in [0.15, 0.2) is 24.3 Å². The van der Waals surface area contributed by atoms with Gasteiger partial charge in [-0.2, -0.15) is 0 Å². The predicted molar refractivity (Wildman–Crippen MR) is 82.2 cm³/mol. The minimum absolute atomic E-state index is 0.204. The van der Waals surface area contributed by atoms with Crippen LogP contribution in [0.5, 0.6) is 5.75 Å². The third kappa shape index (κ3) is 5.38. The number of amides is 1. The summed E-state index contributed by atoms with van der Waals surface area (Å²) in [5.74, 6) is 1.25. The molecule has 21 heavy (non-hydrogen) atoms. The van der Waals surface area contributed by atoms with Gasteiger partial charge < -0.3 is 14.8 Å².